The fourth-order valence-electron chi connectivity index (χ4n) is 7.56. The first-order valence-electron chi connectivity index (χ1n) is 24.2. The molecule has 322 valence electrons. The van der Waals surface area contributed by atoms with Crippen molar-refractivity contribution in [1.29, 1.82) is 0 Å². The number of unbranched alkanes of at least 4 members (excludes halogenated alkanes) is 24. The van der Waals surface area contributed by atoms with Gasteiger partial charge in [0.2, 0.25) is 0 Å². The smallest absolute Gasteiger partial charge is 0.465 e. The van der Waals surface area contributed by atoms with Crippen LogP contribution < -0.4 is 0 Å². The first kappa shape index (κ1) is 52.7. The summed E-state index contributed by atoms with van der Waals surface area (Å²) in [6, 6.07) is 0. The number of rotatable bonds is 43. The number of carbonyl (C=O) groups is 2. The summed E-state index contributed by atoms with van der Waals surface area (Å²) in [5, 5.41) is 0. The topological polar surface area (TPSA) is 65.1 Å². The van der Waals surface area contributed by atoms with E-state index in [1.54, 1.807) is 0 Å². The Kier molecular flexibility index (Phi) is 41.8. The Morgan fingerprint density at radius 1 is 0.407 bits per heavy atom. The first-order valence-corrected chi connectivity index (χ1v) is 24.2. The van der Waals surface area contributed by atoms with Crippen molar-refractivity contribution in [2.24, 2.45) is 5.92 Å². The summed E-state index contributed by atoms with van der Waals surface area (Å²) in [6.07, 6.45) is 40.0. The zero-order valence-corrected chi connectivity index (χ0v) is 37.2. The highest BCUT2D eigenvalue weighted by Crippen LogP contribution is 2.21. The van der Waals surface area contributed by atoms with E-state index in [2.05, 4.69) is 39.5 Å². The third-order valence-electron chi connectivity index (χ3n) is 11.3. The molecule has 0 amide bonds. The SMILES string of the molecule is CCCCCCCCC(CCCCCCCC)OC(=O)OCCCCCCN(CC)CCCCCCOC(=O)C(CCCCCC)CCCCCCCC. The van der Waals surface area contributed by atoms with E-state index in [9.17, 15) is 9.59 Å². The minimum atomic E-state index is -0.460. The van der Waals surface area contributed by atoms with E-state index in [0.717, 1.165) is 103 Å². The molecule has 0 N–H and O–H groups in total. The Balaban J connectivity index is 4.11. The molecular formula is C48H95NO5. The number of hydrogen-bond donors (Lipinski definition) is 0. The Morgan fingerprint density at radius 3 is 1.20 bits per heavy atom. The van der Waals surface area contributed by atoms with Gasteiger partial charge < -0.3 is 19.1 Å². The van der Waals surface area contributed by atoms with Crippen LogP contribution >= 0.6 is 0 Å². The van der Waals surface area contributed by atoms with E-state index in [1.165, 1.54) is 135 Å². The highest BCUT2D eigenvalue weighted by Gasteiger charge is 2.19. The molecule has 0 aromatic rings. The summed E-state index contributed by atoms with van der Waals surface area (Å²) in [4.78, 5) is 28.0. The first-order chi connectivity index (χ1) is 26.5. The zero-order valence-electron chi connectivity index (χ0n) is 37.2. The normalized spacial score (nSPS) is 12.1. The van der Waals surface area contributed by atoms with Crippen LogP contribution in [0.1, 0.15) is 253 Å². The third kappa shape index (κ3) is 36.3. The van der Waals surface area contributed by atoms with Crippen molar-refractivity contribution in [2.45, 2.75) is 259 Å². The van der Waals surface area contributed by atoms with Crippen molar-refractivity contribution < 1.29 is 23.8 Å². The average Bonchev–Trinajstić information content (AvgIpc) is 3.17. The molecule has 0 bridgehead atoms. The molecule has 0 rings (SSSR count). The van der Waals surface area contributed by atoms with E-state index < -0.39 is 6.16 Å². The summed E-state index contributed by atoms with van der Waals surface area (Å²) < 4.78 is 17.1. The van der Waals surface area contributed by atoms with Crippen LogP contribution in [0.15, 0.2) is 0 Å². The van der Waals surface area contributed by atoms with Crippen molar-refractivity contribution in [1.82, 2.24) is 4.90 Å². The van der Waals surface area contributed by atoms with Crippen LogP contribution in [0, 0.1) is 5.92 Å². The molecule has 54 heavy (non-hydrogen) atoms. The molecule has 1 atom stereocenters. The van der Waals surface area contributed by atoms with Crippen LogP contribution in [-0.2, 0) is 19.0 Å². The second kappa shape index (κ2) is 42.8. The van der Waals surface area contributed by atoms with Crippen LogP contribution in [0.5, 0.6) is 0 Å². The highest BCUT2D eigenvalue weighted by atomic mass is 16.7. The number of nitrogens with zero attached hydrogens (tertiary/aromatic N) is 1. The second-order valence-electron chi connectivity index (χ2n) is 16.5. The Morgan fingerprint density at radius 2 is 0.759 bits per heavy atom. The Labute approximate surface area is 337 Å². The zero-order chi connectivity index (χ0) is 39.6. The maximum atomic E-state index is 12.9. The molecule has 6 heteroatoms. The lowest BCUT2D eigenvalue weighted by Crippen LogP contribution is -2.25. The lowest BCUT2D eigenvalue weighted by atomic mass is 9.94. The molecule has 6 nitrogen and oxygen atoms in total. The Bertz CT molecular complexity index is 760. The maximum Gasteiger partial charge on any atom is 0.508 e. The van der Waals surface area contributed by atoms with Crippen LogP contribution in [0.4, 0.5) is 4.79 Å². The molecule has 0 aliphatic heterocycles. The van der Waals surface area contributed by atoms with Gasteiger partial charge in [0.1, 0.15) is 6.10 Å². The molecule has 0 aliphatic carbocycles. The molecule has 1 unspecified atom stereocenters. The van der Waals surface area contributed by atoms with E-state index in [1.807, 2.05) is 0 Å². The minimum absolute atomic E-state index is 0.00890. The van der Waals surface area contributed by atoms with E-state index in [-0.39, 0.29) is 18.0 Å². The van der Waals surface area contributed by atoms with Gasteiger partial charge in [-0.05, 0) is 83.8 Å². The van der Waals surface area contributed by atoms with Crippen molar-refractivity contribution in [3.63, 3.8) is 0 Å². The lowest BCUT2D eigenvalue weighted by Gasteiger charge is -2.20. The number of ether oxygens (including phenoxy) is 3. The van der Waals surface area contributed by atoms with Crippen molar-refractivity contribution in [2.75, 3.05) is 32.8 Å². The summed E-state index contributed by atoms with van der Waals surface area (Å²) in [5.74, 6) is 0.168. The van der Waals surface area contributed by atoms with Gasteiger partial charge in [0, 0.05) is 0 Å². The van der Waals surface area contributed by atoms with Gasteiger partial charge in [-0.2, -0.15) is 0 Å². The second-order valence-corrected chi connectivity index (χ2v) is 16.5. The van der Waals surface area contributed by atoms with Crippen LogP contribution in [0.2, 0.25) is 0 Å². The summed E-state index contributed by atoms with van der Waals surface area (Å²) in [7, 11) is 0. The summed E-state index contributed by atoms with van der Waals surface area (Å²) >= 11 is 0. The third-order valence-corrected chi connectivity index (χ3v) is 11.3. The minimum Gasteiger partial charge on any atom is -0.465 e. The molecule has 0 fully saturated rings. The predicted octanol–water partition coefficient (Wildman–Crippen LogP) is 15.3. The van der Waals surface area contributed by atoms with E-state index in [4.69, 9.17) is 14.2 Å². The predicted molar refractivity (Wildman–Crippen MR) is 232 cm³/mol. The fraction of sp³-hybridized carbons (Fsp3) is 0.958. The molecule has 0 radical (unpaired) electrons. The number of hydrogen-bond acceptors (Lipinski definition) is 6. The average molecular weight is 766 g/mol. The van der Waals surface area contributed by atoms with Crippen molar-refractivity contribution in [3.8, 4) is 0 Å². The number of carbonyl (C=O) groups excluding carboxylic acids is 2. The number of esters is 1. The van der Waals surface area contributed by atoms with Gasteiger partial charge in [0.15, 0.2) is 0 Å². The van der Waals surface area contributed by atoms with Crippen LogP contribution in [-0.4, -0.2) is 56.0 Å². The van der Waals surface area contributed by atoms with Gasteiger partial charge in [-0.3, -0.25) is 4.79 Å². The molecule has 0 spiro atoms. The van der Waals surface area contributed by atoms with Crippen molar-refractivity contribution >= 4 is 12.1 Å². The van der Waals surface area contributed by atoms with E-state index >= 15 is 0 Å². The molecule has 0 saturated carbocycles. The standard InChI is InChI=1S/C48H95NO5/c1-6-11-15-19-22-30-38-45(37-29-18-14-9-4)47(50)52-43-35-27-25-33-41-49(10-5)42-34-26-28-36-44-53-48(51)54-46(39-31-23-20-16-12-7-2)40-32-24-21-17-13-8-3/h45-46H,6-44H2,1-5H3. The molecule has 0 aliphatic rings. The quantitative estimate of drug-likeness (QED) is 0.0455. The molecule has 0 heterocycles. The van der Waals surface area contributed by atoms with Gasteiger partial charge in [0.25, 0.3) is 0 Å². The molecule has 0 saturated heterocycles. The monoisotopic (exact) mass is 766 g/mol. The van der Waals surface area contributed by atoms with Gasteiger partial charge in [-0.1, -0.05) is 189 Å². The van der Waals surface area contributed by atoms with E-state index in [0.29, 0.717) is 13.2 Å². The van der Waals surface area contributed by atoms with Gasteiger partial charge in [0.05, 0.1) is 19.1 Å². The van der Waals surface area contributed by atoms with Crippen LogP contribution in [0.3, 0.4) is 0 Å². The molecule has 0 aromatic carbocycles. The summed E-state index contributed by atoms with van der Waals surface area (Å²) in [6.45, 7) is 15.7. The van der Waals surface area contributed by atoms with Gasteiger partial charge in [-0.25, -0.2) is 4.79 Å². The molecule has 0 aromatic heterocycles. The highest BCUT2D eigenvalue weighted by molar-refractivity contribution is 5.72. The van der Waals surface area contributed by atoms with Crippen LogP contribution in [0.25, 0.3) is 0 Å². The molecular weight excluding hydrogens is 671 g/mol. The fourth-order valence-corrected chi connectivity index (χ4v) is 7.56. The Hall–Kier alpha value is -1.30. The largest absolute Gasteiger partial charge is 0.508 e. The van der Waals surface area contributed by atoms with Gasteiger partial charge >= 0.3 is 12.1 Å². The maximum absolute atomic E-state index is 12.9. The van der Waals surface area contributed by atoms with Crippen molar-refractivity contribution in [3.05, 3.63) is 0 Å². The summed E-state index contributed by atoms with van der Waals surface area (Å²) in [5.41, 5.74) is 0. The lowest BCUT2D eigenvalue weighted by molar-refractivity contribution is -0.149. The van der Waals surface area contributed by atoms with Gasteiger partial charge in [-0.15, -0.1) is 0 Å².